The highest BCUT2D eigenvalue weighted by Crippen LogP contribution is 2.15. The number of unbranched alkanes of at least 4 members (excludes halogenated alkanes) is 3. The van der Waals surface area contributed by atoms with Crippen molar-refractivity contribution in [3.05, 3.63) is 11.3 Å². The molecule has 1 aromatic rings. The Bertz CT molecular complexity index is 514. The molecule has 0 spiro atoms. The minimum atomic E-state index is -3.53. The molecule has 21 heavy (non-hydrogen) atoms. The molecule has 0 aromatic carbocycles. The van der Waals surface area contributed by atoms with Crippen molar-refractivity contribution in [3.8, 4) is 0 Å². The first kappa shape index (κ1) is 18.5. The molecule has 1 rings (SSSR count). The lowest BCUT2D eigenvalue weighted by Gasteiger charge is -2.07. The van der Waals surface area contributed by atoms with Crippen molar-refractivity contribution in [1.82, 2.24) is 20.2 Å². The van der Waals surface area contributed by atoms with Gasteiger partial charge in [0.15, 0.2) is 5.03 Å². The Morgan fingerprint density at radius 2 is 1.95 bits per heavy atom. The molecule has 0 saturated heterocycles. The van der Waals surface area contributed by atoms with Crippen LogP contribution in [0.15, 0.2) is 5.03 Å². The molecule has 0 amide bonds. The van der Waals surface area contributed by atoms with Crippen molar-refractivity contribution in [2.24, 2.45) is 0 Å². The number of rotatable bonds is 11. The molecule has 0 aliphatic carbocycles. The molecule has 6 nitrogen and oxygen atoms in total. The first-order valence-electron chi connectivity index (χ1n) is 7.20. The third kappa shape index (κ3) is 5.98. The van der Waals surface area contributed by atoms with E-state index in [-0.39, 0.29) is 5.03 Å². The van der Waals surface area contributed by atoms with E-state index in [1.54, 1.807) is 7.05 Å². The number of H-pyrrole nitrogens is 1. The number of hydrogen-bond donors (Lipinski definition) is 3. The number of sulfonamides is 1. The molecule has 0 bridgehead atoms. The Labute approximate surface area is 131 Å². The predicted molar refractivity (Wildman–Crippen MR) is 88.1 cm³/mol. The van der Waals surface area contributed by atoms with Crippen LogP contribution in [0.3, 0.4) is 0 Å². The monoisotopic (exact) mass is 334 g/mol. The minimum Gasteiger partial charge on any atom is -0.316 e. The first-order chi connectivity index (χ1) is 10.0. The van der Waals surface area contributed by atoms with Gasteiger partial charge in [-0.05, 0) is 38.8 Å². The Morgan fingerprint density at radius 3 is 2.62 bits per heavy atom. The average molecular weight is 335 g/mol. The van der Waals surface area contributed by atoms with Gasteiger partial charge in [-0.15, -0.1) is 0 Å². The molecule has 0 fully saturated rings. The van der Waals surface area contributed by atoms with Crippen LogP contribution in [0.25, 0.3) is 0 Å². The lowest BCUT2D eigenvalue weighted by atomic mass is 10.2. The summed E-state index contributed by atoms with van der Waals surface area (Å²) in [6.45, 7) is 2.77. The van der Waals surface area contributed by atoms with Crippen LogP contribution < -0.4 is 10.0 Å². The molecule has 0 unspecified atom stereocenters. The topological polar surface area (TPSA) is 86.9 Å². The lowest BCUT2D eigenvalue weighted by molar-refractivity contribution is 0.568. The summed E-state index contributed by atoms with van der Waals surface area (Å²) in [5, 5.41) is 9.74. The number of thioether (sulfide) groups is 1. The second kappa shape index (κ2) is 9.45. The van der Waals surface area contributed by atoms with Crippen LogP contribution in [-0.2, 0) is 16.6 Å². The van der Waals surface area contributed by atoms with E-state index in [4.69, 9.17) is 0 Å². The summed E-state index contributed by atoms with van der Waals surface area (Å²) in [6, 6.07) is 0. The standard InChI is InChI=1S/C13H26N4O2S2/c1-11-12(10-14-2)13(17-16-11)21(18,19)15-8-6-4-5-7-9-20-3/h14-15H,4-10H2,1-3H3,(H,16,17). The maximum Gasteiger partial charge on any atom is 0.260 e. The van der Waals surface area contributed by atoms with Crippen molar-refractivity contribution in [1.29, 1.82) is 0 Å². The molecule has 8 heteroatoms. The zero-order chi connectivity index (χ0) is 15.7. The van der Waals surface area contributed by atoms with E-state index in [0.717, 1.165) is 25.0 Å². The summed E-state index contributed by atoms with van der Waals surface area (Å²) in [4.78, 5) is 0. The Hall–Kier alpha value is -0.570. The van der Waals surface area contributed by atoms with E-state index in [1.807, 2.05) is 18.7 Å². The van der Waals surface area contributed by atoms with Crippen LogP contribution in [0.2, 0.25) is 0 Å². The van der Waals surface area contributed by atoms with Gasteiger partial charge in [-0.3, -0.25) is 5.10 Å². The van der Waals surface area contributed by atoms with E-state index >= 15 is 0 Å². The molecule has 0 aliphatic rings. The van der Waals surface area contributed by atoms with E-state index in [2.05, 4.69) is 26.5 Å². The molecule has 3 N–H and O–H groups in total. The number of hydrogen-bond acceptors (Lipinski definition) is 5. The molecular formula is C13H26N4O2S2. The number of nitrogens with one attached hydrogen (secondary N) is 3. The van der Waals surface area contributed by atoms with E-state index in [9.17, 15) is 8.42 Å². The van der Waals surface area contributed by atoms with Crippen molar-refractivity contribution < 1.29 is 8.42 Å². The lowest BCUT2D eigenvalue weighted by Crippen LogP contribution is -2.26. The van der Waals surface area contributed by atoms with Crippen LogP contribution in [0, 0.1) is 6.92 Å². The minimum absolute atomic E-state index is 0.108. The van der Waals surface area contributed by atoms with E-state index < -0.39 is 10.0 Å². The van der Waals surface area contributed by atoms with Gasteiger partial charge in [0.1, 0.15) is 0 Å². The quantitative estimate of drug-likeness (QED) is 0.536. The molecule has 1 heterocycles. The number of aryl methyl sites for hydroxylation is 1. The summed E-state index contributed by atoms with van der Waals surface area (Å²) in [5.41, 5.74) is 1.48. The first-order valence-corrected chi connectivity index (χ1v) is 10.1. The van der Waals surface area contributed by atoms with E-state index in [0.29, 0.717) is 18.7 Å². The second-order valence-electron chi connectivity index (χ2n) is 4.97. The molecule has 0 aliphatic heterocycles. The fourth-order valence-corrected chi connectivity index (χ4v) is 3.80. The third-order valence-corrected chi connectivity index (χ3v) is 5.34. The summed E-state index contributed by atoms with van der Waals surface area (Å²) >= 11 is 1.85. The SMILES string of the molecule is CNCc1c(S(=O)(=O)NCCCCCCSC)n[nH]c1C. The van der Waals surface area contributed by atoms with Crippen LogP contribution in [0.5, 0.6) is 0 Å². The zero-order valence-corrected chi connectivity index (χ0v) is 14.7. The fraction of sp³-hybridized carbons (Fsp3) is 0.769. The summed E-state index contributed by atoms with van der Waals surface area (Å²) in [6.07, 6.45) is 6.35. The third-order valence-electron chi connectivity index (χ3n) is 3.21. The highest BCUT2D eigenvalue weighted by Gasteiger charge is 2.22. The molecule has 0 atom stereocenters. The van der Waals surface area contributed by atoms with Gasteiger partial charge in [0.05, 0.1) is 0 Å². The van der Waals surface area contributed by atoms with Crippen LogP contribution in [0.1, 0.15) is 36.9 Å². The molecule has 0 saturated carbocycles. The smallest absolute Gasteiger partial charge is 0.260 e. The van der Waals surface area contributed by atoms with E-state index in [1.165, 1.54) is 12.2 Å². The molecule has 0 radical (unpaired) electrons. The number of aromatic nitrogens is 2. The van der Waals surface area contributed by atoms with Gasteiger partial charge in [-0.2, -0.15) is 16.9 Å². The van der Waals surface area contributed by atoms with Crippen LogP contribution in [0.4, 0.5) is 0 Å². The predicted octanol–water partition coefficient (Wildman–Crippen LogP) is 1.64. The summed E-state index contributed by atoms with van der Waals surface area (Å²) in [7, 11) is -1.74. The Balaban J connectivity index is 2.47. The molecule has 122 valence electrons. The molecular weight excluding hydrogens is 308 g/mol. The van der Waals surface area contributed by atoms with Gasteiger partial charge < -0.3 is 5.32 Å². The largest absolute Gasteiger partial charge is 0.316 e. The number of nitrogens with zero attached hydrogens (tertiary/aromatic N) is 1. The maximum absolute atomic E-state index is 12.3. The summed E-state index contributed by atoms with van der Waals surface area (Å²) < 4.78 is 27.1. The second-order valence-corrected chi connectivity index (χ2v) is 7.64. The van der Waals surface area contributed by atoms with Crippen molar-refractivity contribution in [2.75, 3.05) is 25.6 Å². The van der Waals surface area contributed by atoms with Gasteiger partial charge in [0, 0.05) is 24.3 Å². The van der Waals surface area contributed by atoms with Crippen molar-refractivity contribution >= 4 is 21.8 Å². The Kier molecular flexibility index (Phi) is 8.31. The van der Waals surface area contributed by atoms with Gasteiger partial charge in [-0.1, -0.05) is 12.8 Å². The van der Waals surface area contributed by atoms with Gasteiger partial charge in [0.25, 0.3) is 10.0 Å². The van der Waals surface area contributed by atoms with Gasteiger partial charge in [-0.25, -0.2) is 13.1 Å². The highest BCUT2D eigenvalue weighted by molar-refractivity contribution is 7.98. The summed E-state index contributed by atoms with van der Waals surface area (Å²) in [5.74, 6) is 1.17. The zero-order valence-electron chi connectivity index (χ0n) is 13.0. The van der Waals surface area contributed by atoms with Gasteiger partial charge >= 0.3 is 0 Å². The highest BCUT2D eigenvalue weighted by atomic mass is 32.2. The molecule has 1 aromatic heterocycles. The van der Waals surface area contributed by atoms with Crippen LogP contribution >= 0.6 is 11.8 Å². The van der Waals surface area contributed by atoms with Crippen molar-refractivity contribution in [3.63, 3.8) is 0 Å². The van der Waals surface area contributed by atoms with Crippen molar-refractivity contribution in [2.45, 2.75) is 44.2 Å². The normalized spacial score (nSPS) is 12.0. The van der Waals surface area contributed by atoms with Gasteiger partial charge in [0.2, 0.25) is 0 Å². The van der Waals surface area contributed by atoms with Crippen LogP contribution in [-0.4, -0.2) is 44.2 Å². The average Bonchev–Trinajstić information content (AvgIpc) is 2.80. The Morgan fingerprint density at radius 1 is 1.24 bits per heavy atom. The maximum atomic E-state index is 12.3. The number of aromatic amines is 1. The fourth-order valence-electron chi connectivity index (χ4n) is 2.04.